The molecule has 0 unspecified atom stereocenters. The largest absolute Gasteiger partial charge is 0.370 e. The van der Waals surface area contributed by atoms with Gasteiger partial charge in [0, 0.05) is 50.2 Å². The summed E-state index contributed by atoms with van der Waals surface area (Å²) >= 11 is 0. The predicted molar refractivity (Wildman–Crippen MR) is 107 cm³/mol. The summed E-state index contributed by atoms with van der Waals surface area (Å²) < 4.78 is 0. The highest BCUT2D eigenvalue weighted by Gasteiger charge is 2.23. The lowest BCUT2D eigenvalue weighted by Gasteiger charge is -2.37. The molecular formula is C21H28N4O. The van der Waals surface area contributed by atoms with Crippen LogP contribution in [0.3, 0.4) is 0 Å². The summed E-state index contributed by atoms with van der Waals surface area (Å²) in [5.41, 5.74) is 4.63. The van der Waals surface area contributed by atoms with E-state index < -0.39 is 0 Å². The van der Waals surface area contributed by atoms with E-state index in [4.69, 9.17) is 0 Å². The molecule has 1 aliphatic rings. The normalized spacial score (nSPS) is 14.4. The lowest BCUT2D eigenvalue weighted by atomic mass is 10.1. The zero-order valence-electron chi connectivity index (χ0n) is 16.0. The smallest absolute Gasteiger partial charge is 0.254 e. The molecular weight excluding hydrogens is 324 g/mol. The van der Waals surface area contributed by atoms with E-state index in [1.807, 2.05) is 11.0 Å². The van der Waals surface area contributed by atoms with Crippen LogP contribution in [0.2, 0.25) is 0 Å². The standard InChI is InChI=1S/C21H28N4O/c1-4-9-22-20-15-18(8-10-23-20)21(26)25-13-11-24(12-14-25)19-7-5-6-16(2)17(19)3/h5-8,10,15H,4,9,11-14H2,1-3H3,(H,22,23). The van der Waals surface area contributed by atoms with Gasteiger partial charge < -0.3 is 15.1 Å². The molecule has 1 amide bonds. The van der Waals surface area contributed by atoms with Gasteiger partial charge in [0.2, 0.25) is 0 Å². The Bertz CT molecular complexity index is 766. The van der Waals surface area contributed by atoms with Gasteiger partial charge in [-0.3, -0.25) is 4.79 Å². The SMILES string of the molecule is CCCNc1cc(C(=O)N2CCN(c3cccc(C)c3C)CC2)ccn1. The van der Waals surface area contributed by atoms with Crippen LogP contribution in [0.25, 0.3) is 0 Å². The number of hydrogen-bond donors (Lipinski definition) is 1. The fourth-order valence-corrected chi connectivity index (χ4v) is 3.32. The molecule has 1 aromatic carbocycles. The first kappa shape index (κ1) is 18.2. The Labute approximate surface area is 156 Å². The first-order chi connectivity index (χ1) is 12.6. The molecule has 0 aliphatic carbocycles. The number of anilines is 2. The van der Waals surface area contributed by atoms with Crippen LogP contribution >= 0.6 is 0 Å². The summed E-state index contributed by atoms with van der Waals surface area (Å²) in [5, 5.41) is 3.24. The second kappa shape index (κ2) is 8.21. The molecule has 138 valence electrons. The number of amides is 1. The van der Waals surface area contributed by atoms with E-state index >= 15 is 0 Å². The fourth-order valence-electron chi connectivity index (χ4n) is 3.32. The summed E-state index contributed by atoms with van der Waals surface area (Å²) in [4.78, 5) is 21.5. The van der Waals surface area contributed by atoms with Crippen molar-refractivity contribution in [3.05, 3.63) is 53.2 Å². The van der Waals surface area contributed by atoms with E-state index in [0.717, 1.165) is 45.0 Å². The number of aromatic nitrogens is 1. The second-order valence-corrected chi connectivity index (χ2v) is 6.85. The van der Waals surface area contributed by atoms with Gasteiger partial charge >= 0.3 is 0 Å². The highest BCUT2D eigenvalue weighted by Crippen LogP contribution is 2.24. The molecule has 2 heterocycles. The van der Waals surface area contributed by atoms with Crippen molar-refractivity contribution in [3.8, 4) is 0 Å². The quantitative estimate of drug-likeness (QED) is 0.895. The van der Waals surface area contributed by atoms with Crippen molar-refractivity contribution >= 4 is 17.4 Å². The molecule has 5 heteroatoms. The Kier molecular flexibility index (Phi) is 5.76. The Morgan fingerprint density at radius 1 is 1.15 bits per heavy atom. The van der Waals surface area contributed by atoms with Crippen molar-refractivity contribution in [2.75, 3.05) is 42.9 Å². The minimum absolute atomic E-state index is 0.0903. The number of piperazine rings is 1. The molecule has 0 atom stereocenters. The van der Waals surface area contributed by atoms with E-state index in [9.17, 15) is 4.79 Å². The van der Waals surface area contributed by atoms with Crippen molar-refractivity contribution in [2.45, 2.75) is 27.2 Å². The Morgan fingerprint density at radius 2 is 1.92 bits per heavy atom. The van der Waals surface area contributed by atoms with E-state index in [2.05, 4.69) is 54.2 Å². The third kappa shape index (κ3) is 3.98. The minimum atomic E-state index is 0.0903. The molecule has 0 radical (unpaired) electrons. The van der Waals surface area contributed by atoms with Crippen LogP contribution in [0, 0.1) is 13.8 Å². The van der Waals surface area contributed by atoms with Gasteiger partial charge in [-0.15, -0.1) is 0 Å². The van der Waals surface area contributed by atoms with E-state index in [-0.39, 0.29) is 5.91 Å². The van der Waals surface area contributed by atoms with Gasteiger partial charge in [-0.2, -0.15) is 0 Å². The Morgan fingerprint density at radius 3 is 2.65 bits per heavy atom. The molecule has 26 heavy (non-hydrogen) atoms. The summed E-state index contributed by atoms with van der Waals surface area (Å²) in [5.74, 6) is 0.860. The van der Waals surface area contributed by atoms with Crippen LogP contribution in [0.15, 0.2) is 36.5 Å². The van der Waals surface area contributed by atoms with E-state index in [1.165, 1.54) is 16.8 Å². The molecule has 0 bridgehead atoms. The summed E-state index contributed by atoms with van der Waals surface area (Å²) in [7, 11) is 0. The highest BCUT2D eigenvalue weighted by atomic mass is 16.2. The maximum Gasteiger partial charge on any atom is 0.254 e. The molecule has 1 N–H and O–H groups in total. The molecule has 0 spiro atoms. The van der Waals surface area contributed by atoms with Gasteiger partial charge in [-0.05, 0) is 49.6 Å². The number of nitrogens with one attached hydrogen (secondary N) is 1. The van der Waals surface area contributed by atoms with Crippen LogP contribution in [-0.2, 0) is 0 Å². The molecule has 0 saturated carbocycles. The van der Waals surface area contributed by atoms with Crippen molar-refractivity contribution in [3.63, 3.8) is 0 Å². The number of carbonyl (C=O) groups excluding carboxylic acids is 1. The maximum atomic E-state index is 12.8. The average molecular weight is 352 g/mol. The van der Waals surface area contributed by atoms with E-state index in [0.29, 0.717) is 5.56 Å². The summed E-state index contributed by atoms with van der Waals surface area (Å²) in [6.07, 6.45) is 2.73. The molecule has 5 nitrogen and oxygen atoms in total. The van der Waals surface area contributed by atoms with Crippen LogP contribution in [0.1, 0.15) is 34.8 Å². The monoisotopic (exact) mass is 352 g/mol. The van der Waals surface area contributed by atoms with Crippen molar-refractivity contribution in [1.29, 1.82) is 0 Å². The van der Waals surface area contributed by atoms with Crippen molar-refractivity contribution in [1.82, 2.24) is 9.88 Å². The Balaban J connectivity index is 1.64. The number of aryl methyl sites for hydroxylation is 1. The molecule has 1 fully saturated rings. The highest BCUT2D eigenvalue weighted by molar-refractivity contribution is 5.95. The van der Waals surface area contributed by atoms with Crippen molar-refractivity contribution < 1.29 is 4.79 Å². The number of rotatable bonds is 5. The van der Waals surface area contributed by atoms with Crippen LogP contribution in [0.4, 0.5) is 11.5 Å². The fraction of sp³-hybridized carbons (Fsp3) is 0.429. The number of pyridine rings is 1. The molecule has 3 rings (SSSR count). The summed E-state index contributed by atoms with van der Waals surface area (Å²) in [6.45, 7) is 10.5. The number of nitrogens with zero attached hydrogens (tertiary/aromatic N) is 3. The topological polar surface area (TPSA) is 48.5 Å². The first-order valence-electron chi connectivity index (χ1n) is 9.40. The van der Waals surface area contributed by atoms with E-state index in [1.54, 1.807) is 12.3 Å². The molecule has 1 aromatic heterocycles. The third-order valence-electron chi connectivity index (χ3n) is 5.05. The molecule has 2 aromatic rings. The van der Waals surface area contributed by atoms with Crippen LogP contribution < -0.4 is 10.2 Å². The Hall–Kier alpha value is -2.56. The average Bonchev–Trinajstić information content (AvgIpc) is 2.68. The number of benzene rings is 1. The van der Waals surface area contributed by atoms with Gasteiger partial charge in [0.05, 0.1) is 0 Å². The molecule has 1 aliphatic heterocycles. The summed E-state index contributed by atoms with van der Waals surface area (Å²) in [6, 6.07) is 10.1. The predicted octanol–water partition coefficient (Wildman–Crippen LogP) is 3.48. The third-order valence-corrected chi connectivity index (χ3v) is 5.05. The second-order valence-electron chi connectivity index (χ2n) is 6.85. The van der Waals surface area contributed by atoms with Crippen LogP contribution in [0.5, 0.6) is 0 Å². The number of hydrogen-bond acceptors (Lipinski definition) is 4. The van der Waals surface area contributed by atoms with Crippen LogP contribution in [-0.4, -0.2) is 48.5 Å². The maximum absolute atomic E-state index is 12.8. The van der Waals surface area contributed by atoms with Gasteiger partial charge in [0.1, 0.15) is 5.82 Å². The molecule has 1 saturated heterocycles. The van der Waals surface area contributed by atoms with Gasteiger partial charge in [0.15, 0.2) is 0 Å². The van der Waals surface area contributed by atoms with Gasteiger partial charge in [-0.1, -0.05) is 19.1 Å². The minimum Gasteiger partial charge on any atom is -0.370 e. The number of carbonyl (C=O) groups is 1. The lowest BCUT2D eigenvalue weighted by molar-refractivity contribution is 0.0746. The zero-order chi connectivity index (χ0) is 18.5. The van der Waals surface area contributed by atoms with Gasteiger partial charge in [0.25, 0.3) is 5.91 Å². The first-order valence-corrected chi connectivity index (χ1v) is 9.40. The van der Waals surface area contributed by atoms with Crippen molar-refractivity contribution in [2.24, 2.45) is 0 Å². The zero-order valence-corrected chi connectivity index (χ0v) is 16.0. The van der Waals surface area contributed by atoms with Gasteiger partial charge in [-0.25, -0.2) is 4.98 Å². The lowest BCUT2D eigenvalue weighted by Crippen LogP contribution is -2.49.